The van der Waals surface area contributed by atoms with Crippen LogP contribution >= 0.6 is 0 Å². The topological polar surface area (TPSA) is 150 Å². The average molecular weight is 554 g/mol. The van der Waals surface area contributed by atoms with Crippen LogP contribution in [-0.4, -0.2) is 55.2 Å². The molecule has 2 unspecified atom stereocenters. The molecule has 39 heavy (non-hydrogen) atoms. The average Bonchev–Trinajstić information content (AvgIpc) is 2.88. The molecule has 0 aromatic heterocycles. The molecule has 0 spiro atoms. The van der Waals surface area contributed by atoms with Gasteiger partial charge in [0.25, 0.3) is 0 Å². The van der Waals surface area contributed by atoms with Crippen molar-refractivity contribution < 1.29 is 47.6 Å². The van der Waals surface area contributed by atoms with Crippen molar-refractivity contribution in [2.75, 3.05) is 6.61 Å². The third-order valence-electron chi connectivity index (χ3n) is 5.68. The van der Waals surface area contributed by atoms with Gasteiger partial charge in [-0.1, -0.05) is 39.7 Å². The fourth-order valence-corrected chi connectivity index (χ4v) is 3.03. The van der Waals surface area contributed by atoms with Crippen molar-refractivity contribution in [3.63, 3.8) is 0 Å². The maximum Gasteiger partial charge on any atom is 0.514 e. The molecule has 0 aliphatic rings. The highest BCUT2D eigenvalue weighted by Crippen LogP contribution is 2.30. The Hall–Kier alpha value is -3.34. The van der Waals surface area contributed by atoms with E-state index in [4.69, 9.17) is 34.2 Å². The van der Waals surface area contributed by atoms with E-state index in [9.17, 15) is 19.2 Å². The van der Waals surface area contributed by atoms with Crippen LogP contribution in [0.15, 0.2) is 18.2 Å². The Balaban J connectivity index is 2.84. The summed E-state index contributed by atoms with van der Waals surface area (Å²) in [6, 6.07) is 3.32. The van der Waals surface area contributed by atoms with E-state index in [0.717, 1.165) is 19.3 Å². The van der Waals surface area contributed by atoms with Crippen molar-refractivity contribution in [3.8, 4) is 11.5 Å². The van der Waals surface area contributed by atoms with Gasteiger partial charge in [-0.2, -0.15) is 0 Å². The van der Waals surface area contributed by atoms with Gasteiger partial charge in [0.05, 0.1) is 0 Å². The van der Waals surface area contributed by atoms with Crippen LogP contribution < -0.4 is 15.2 Å². The lowest BCUT2D eigenvalue weighted by molar-refractivity contribution is -0.159. The maximum absolute atomic E-state index is 12.5. The molecule has 11 nitrogen and oxygen atoms in total. The second-order valence-electron chi connectivity index (χ2n) is 9.36. The third kappa shape index (κ3) is 13.9. The van der Waals surface area contributed by atoms with Gasteiger partial charge < -0.3 is 34.2 Å². The summed E-state index contributed by atoms with van der Waals surface area (Å²) in [6.45, 7) is 10.7. The number of unbranched alkanes of at least 4 members (excludes halogenated alkanes) is 2. The number of carbonyl (C=O) groups is 4. The molecule has 4 atom stereocenters. The van der Waals surface area contributed by atoms with Crippen LogP contribution in [0.5, 0.6) is 11.5 Å². The minimum Gasteiger partial charge on any atom is -0.462 e. The van der Waals surface area contributed by atoms with Gasteiger partial charge in [0, 0.05) is 6.42 Å². The summed E-state index contributed by atoms with van der Waals surface area (Å²) in [5, 5.41) is 0. The van der Waals surface area contributed by atoms with E-state index >= 15 is 0 Å². The monoisotopic (exact) mass is 553 g/mol. The minimum absolute atomic E-state index is 0.0245. The molecule has 0 saturated heterocycles. The predicted octanol–water partition coefficient (Wildman–Crippen LogP) is 5.24. The van der Waals surface area contributed by atoms with Gasteiger partial charge >= 0.3 is 24.2 Å². The molecule has 1 aromatic carbocycles. The van der Waals surface area contributed by atoms with Gasteiger partial charge in [0.1, 0.15) is 31.0 Å². The SMILES string of the molecule is CCCCCC(=O)OC[C@H](C)OC(=O)[C@@H](N)Cc1ccc(OC(=O)OC(C)CC)c(OC(=O)OC(C)CC)c1. The van der Waals surface area contributed by atoms with Crippen molar-refractivity contribution in [2.45, 2.75) is 111 Å². The Morgan fingerprint density at radius 1 is 0.795 bits per heavy atom. The summed E-state index contributed by atoms with van der Waals surface area (Å²) in [4.78, 5) is 48.6. The first-order chi connectivity index (χ1) is 18.5. The molecule has 11 heteroatoms. The largest absolute Gasteiger partial charge is 0.514 e. The number of nitrogens with two attached hydrogens (primary N) is 1. The molecule has 220 valence electrons. The number of hydrogen-bond donors (Lipinski definition) is 1. The van der Waals surface area contributed by atoms with E-state index in [1.54, 1.807) is 26.8 Å². The number of carbonyl (C=O) groups excluding carboxylic acids is 4. The molecule has 2 N–H and O–H groups in total. The van der Waals surface area contributed by atoms with E-state index in [2.05, 4.69) is 0 Å². The van der Waals surface area contributed by atoms with E-state index < -0.39 is 30.4 Å². The van der Waals surface area contributed by atoms with Crippen molar-refractivity contribution in [2.24, 2.45) is 5.73 Å². The quantitative estimate of drug-likeness (QED) is 0.124. The summed E-state index contributed by atoms with van der Waals surface area (Å²) in [5.41, 5.74) is 6.54. The predicted molar refractivity (Wildman–Crippen MR) is 143 cm³/mol. The van der Waals surface area contributed by atoms with Gasteiger partial charge in [-0.15, -0.1) is 0 Å². The summed E-state index contributed by atoms with van der Waals surface area (Å²) in [7, 11) is 0. The van der Waals surface area contributed by atoms with E-state index in [1.807, 2.05) is 20.8 Å². The third-order valence-corrected chi connectivity index (χ3v) is 5.68. The van der Waals surface area contributed by atoms with Gasteiger partial charge in [-0.3, -0.25) is 9.59 Å². The van der Waals surface area contributed by atoms with Crippen LogP contribution in [0.1, 0.15) is 85.6 Å². The van der Waals surface area contributed by atoms with E-state index in [0.29, 0.717) is 24.8 Å². The molecule has 0 bridgehead atoms. The lowest BCUT2D eigenvalue weighted by atomic mass is 10.1. The van der Waals surface area contributed by atoms with Crippen LogP contribution in [0.2, 0.25) is 0 Å². The molecule has 0 fully saturated rings. The van der Waals surface area contributed by atoms with Crippen molar-refractivity contribution in [1.82, 2.24) is 0 Å². The molecule has 1 aromatic rings. The summed E-state index contributed by atoms with van der Waals surface area (Å²) in [5.74, 6) is -1.21. The van der Waals surface area contributed by atoms with Gasteiger partial charge in [0.2, 0.25) is 0 Å². The molecular weight excluding hydrogens is 510 g/mol. The second-order valence-corrected chi connectivity index (χ2v) is 9.36. The van der Waals surface area contributed by atoms with E-state index in [1.165, 1.54) is 12.1 Å². The number of ether oxygens (including phenoxy) is 6. The fourth-order valence-electron chi connectivity index (χ4n) is 3.03. The number of esters is 2. The lowest BCUT2D eigenvalue weighted by Gasteiger charge is -2.18. The summed E-state index contributed by atoms with van der Waals surface area (Å²) < 4.78 is 31.2. The van der Waals surface area contributed by atoms with E-state index in [-0.39, 0.29) is 42.7 Å². The fraction of sp³-hybridized carbons (Fsp3) is 0.643. The number of benzene rings is 1. The molecule has 0 saturated carbocycles. The standard InChI is InChI=1S/C28H43NO10/c1-7-10-11-12-25(30)34-17-20(6)35-26(31)22(29)15-21-13-14-23(38-27(32)36-18(4)8-2)24(16-21)39-28(33)37-19(5)9-3/h13-14,16,18-20,22H,7-12,15,17,29H2,1-6H3/t18?,19?,20-,22-/m0/s1. The first kappa shape index (κ1) is 33.7. The molecule has 0 radical (unpaired) electrons. The van der Waals surface area contributed by atoms with Crippen molar-refractivity contribution in [1.29, 1.82) is 0 Å². The van der Waals surface area contributed by atoms with Crippen LogP contribution in [0, 0.1) is 0 Å². The lowest BCUT2D eigenvalue weighted by Crippen LogP contribution is -2.37. The Morgan fingerprint density at radius 3 is 1.95 bits per heavy atom. The first-order valence-electron chi connectivity index (χ1n) is 13.5. The molecule has 0 amide bonds. The first-order valence-corrected chi connectivity index (χ1v) is 13.5. The second kappa shape index (κ2) is 18.0. The Morgan fingerprint density at radius 2 is 1.38 bits per heavy atom. The smallest absolute Gasteiger partial charge is 0.462 e. The van der Waals surface area contributed by atoms with Gasteiger partial charge in [-0.05, 0) is 64.2 Å². The molecular formula is C28H43NO10. The number of rotatable bonds is 16. The highest BCUT2D eigenvalue weighted by Gasteiger charge is 2.23. The number of hydrogen-bond acceptors (Lipinski definition) is 11. The summed E-state index contributed by atoms with van der Waals surface area (Å²) >= 11 is 0. The van der Waals surface area contributed by atoms with Crippen LogP contribution in [0.4, 0.5) is 9.59 Å². The van der Waals surface area contributed by atoms with Crippen molar-refractivity contribution in [3.05, 3.63) is 23.8 Å². The highest BCUT2D eigenvalue weighted by atomic mass is 16.7. The zero-order chi connectivity index (χ0) is 29.4. The molecule has 0 aliphatic heterocycles. The minimum atomic E-state index is -1.06. The zero-order valence-corrected chi connectivity index (χ0v) is 23.9. The van der Waals surface area contributed by atoms with Crippen LogP contribution in [0.3, 0.4) is 0 Å². The van der Waals surface area contributed by atoms with Gasteiger partial charge in [-0.25, -0.2) is 9.59 Å². The Labute approximate surface area is 230 Å². The van der Waals surface area contributed by atoms with Gasteiger partial charge in [0.15, 0.2) is 11.5 Å². The normalized spacial score (nSPS) is 13.8. The summed E-state index contributed by atoms with van der Waals surface area (Å²) in [6.07, 6.45) is 0.813. The van der Waals surface area contributed by atoms with Crippen LogP contribution in [-0.2, 0) is 35.0 Å². The highest BCUT2D eigenvalue weighted by molar-refractivity contribution is 5.76. The molecule has 1 rings (SSSR count). The van der Waals surface area contributed by atoms with Crippen molar-refractivity contribution >= 4 is 24.2 Å². The van der Waals surface area contributed by atoms with Crippen LogP contribution in [0.25, 0.3) is 0 Å². The molecule has 0 aliphatic carbocycles. The molecule has 0 heterocycles. The zero-order valence-electron chi connectivity index (χ0n) is 23.9. The maximum atomic E-state index is 12.5. The Kier molecular flexibility index (Phi) is 15.6. The Bertz CT molecular complexity index is 935.